The predicted molar refractivity (Wildman–Crippen MR) is 117 cm³/mol. The number of nitrogens with one attached hydrogen (secondary N) is 1. The molecule has 2 N–H and O–H groups in total. The van der Waals surface area contributed by atoms with Gasteiger partial charge in [0, 0.05) is 50.4 Å². The van der Waals surface area contributed by atoms with E-state index in [1.165, 1.54) is 17.6 Å². The van der Waals surface area contributed by atoms with E-state index < -0.39 is 5.91 Å². The fourth-order valence-corrected chi connectivity index (χ4v) is 3.25. The summed E-state index contributed by atoms with van der Waals surface area (Å²) in [6.07, 6.45) is 5.69. The van der Waals surface area contributed by atoms with E-state index in [4.69, 9.17) is 5.21 Å². The summed E-state index contributed by atoms with van der Waals surface area (Å²) in [6, 6.07) is 12.6. The number of rotatable bonds is 6. The highest BCUT2D eigenvalue weighted by molar-refractivity contribution is 6.07. The largest absolute Gasteiger partial charge is 0.368 e. The van der Waals surface area contributed by atoms with Crippen LogP contribution in [-0.2, 0) is 9.59 Å². The van der Waals surface area contributed by atoms with Crippen LogP contribution in [-0.4, -0.2) is 58.9 Å². The second-order valence-corrected chi connectivity index (χ2v) is 7.04. The number of pyridine rings is 1. The van der Waals surface area contributed by atoms with Gasteiger partial charge in [-0.05, 0) is 42.5 Å². The van der Waals surface area contributed by atoms with Gasteiger partial charge in [0.05, 0.1) is 11.4 Å². The van der Waals surface area contributed by atoms with Gasteiger partial charge in [-0.2, -0.15) is 0 Å². The van der Waals surface area contributed by atoms with Gasteiger partial charge in [0.25, 0.3) is 5.91 Å². The molecule has 31 heavy (non-hydrogen) atoms. The first-order chi connectivity index (χ1) is 15.0. The Morgan fingerprint density at radius 3 is 2.26 bits per heavy atom. The molecule has 1 fully saturated rings. The van der Waals surface area contributed by atoms with Crippen molar-refractivity contribution in [2.45, 2.75) is 6.92 Å². The molecule has 1 aliphatic heterocycles. The van der Waals surface area contributed by atoms with Crippen molar-refractivity contribution < 1.29 is 19.6 Å². The minimum Gasteiger partial charge on any atom is -0.368 e. The molecular weight excluding hydrogens is 396 g/mol. The van der Waals surface area contributed by atoms with Gasteiger partial charge in [0.2, 0.25) is 5.91 Å². The van der Waals surface area contributed by atoms with E-state index in [9.17, 15) is 14.4 Å². The van der Waals surface area contributed by atoms with E-state index in [0.717, 1.165) is 24.9 Å². The van der Waals surface area contributed by atoms with Gasteiger partial charge in [0.1, 0.15) is 0 Å². The quantitative estimate of drug-likeness (QED) is 0.321. The van der Waals surface area contributed by atoms with Crippen molar-refractivity contribution in [1.82, 2.24) is 15.4 Å². The van der Waals surface area contributed by atoms with Crippen LogP contribution >= 0.6 is 0 Å². The molecule has 1 aliphatic rings. The molecule has 0 aliphatic carbocycles. The summed E-state index contributed by atoms with van der Waals surface area (Å²) in [5.41, 5.74) is 4.12. The lowest BCUT2D eigenvalue weighted by molar-refractivity contribution is -0.129. The topological polar surface area (TPSA) is 103 Å². The Balaban J connectivity index is 1.67. The zero-order chi connectivity index (χ0) is 22.2. The molecule has 1 saturated heterocycles. The van der Waals surface area contributed by atoms with Crippen molar-refractivity contribution in [2.24, 2.45) is 0 Å². The van der Waals surface area contributed by atoms with Crippen LogP contribution in [0.15, 0.2) is 54.6 Å². The van der Waals surface area contributed by atoms with Crippen molar-refractivity contribution in [2.75, 3.05) is 31.1 Å². The number of nitrogens with zero attached hydrogens (tertiary/aromatic N) is 3. The minimum absolute atomic E-state index is 0.0820. The van der Waals surface area contributed by atoms with Gasteiger partial charge in [0.15, 0.2) is 5.78 Å². The molecule has 160 valence electrons. The second kappa shape index (κ2) is 10.3. The van der Waals surface area contributed by atoms with Gasteiger partial charge in [-0.3, -0.25) is 19.6 Å². The van der Waals surface area contributed by atoms with Crippen molar-refractivity contribution >= 4 is 35.4 Å². The van der Waals surface area contributed by atoms with Crippen LogP contribution in [0.25, 0.3) is 12.2 Å². The average Bonchev–Trinajstić information content (AvgIpc) is 2.81. The molecule has 8 heteroatoms. The maximum atomic E-state index is 12.7. The van der Waals surface area contributed by atoms with Crippen molar-refractivity contribution in [3.05, 3.63) is 71.6 Å². The first kappa shape index (κ1) is 21.9. The number of aromatic nitrogens is 1. The number of ketones is 1. The first-order valence-corrected chi connectivity index (χ1v) is 9.88. The lowest BCUT2D eigenvalue weighted by Gasteiger charge is -2.35. The monoisotopic (exact) mass is 420 g/mol. The minimum atomic E-state index is -0.652. The molecule has 2 amide bonds. The normalized spacial score (nSPS) is 14.3. The molecule has 1 aromatic carbocycles. The Kier molecular flexibility index (Phi) is 7.29. The maximum absolute atomic E-state index is 12.7. The summed E-state index contributed by atoms with van der Waals surface area (Å²) >= 11 is 0. The third kappa shape index (κ3) is 6.10. The molecule has 0 atom stereocenters. The number of hydrogen-bond acceptors (Lipinski definition) is 6. The Hall–Kier alpha value is -3.78. The van der Waals surface area contributed by atoms with Gasteiger partial charge < -0.3 is 9.80 Å². The Bertz CT molecular complexity index is 1020. The van der Waals surface area contributed by atoms with E-state index in [-0.39, 0.29) is 11.7 Å². The molecule has 2 aromatic rings. The number of piperazine rings is 1. The Labute approximate surface area is 180 Å². The van der Waals surface area contributed by atoms with Crippen molar-refractivity contribution in [1.29, 1.82) is 0 Å². The van der Waals surface area contributed by atoms with Gasteiger partial charge >= 0.3 is 0 Å². The van der Waals surface area contributed by atoms with Crippen LogP contribution in [0.2, 0.25) is 0 Å². The number of hydrogen-bond donors (Lipinski definition) is 2. The molecule has 0 radical (unpaired) electrons. The maximum Gasteiger partial charge on any atom is 0.267 e. The summed E-state index contributed by atoms with van der Waals surface area (Å²) in [5.74, 6) is -0.717. The third-order valence-electron chi connectivity index (χ3n) is 4.93. The summed E-state index contributed by atoms with van der Waals surface area (Å²) in [5, 5.41) is 8.52. The molecule has 8 nitrogen and oxygen atoms in total. The highest BCUT2D eigenvalue weighted by Crippen LogP contribution is 2.19. The van der Waals surface area contributed by atoms with Crippen LogP contribution in [0.5, 0.6) is 0 Å². The summed E-state index contributed by atoms with van der Waals surface area (Å²) < 4.78 is 0. The standard InChI is InChI=1S/C23H24N4O4/c1-17(28)26-12-14-27(15-13-26)21-7-2-4-18(16-21)22(29)10-8-19-5-3-6-20(24-19)9-11-23(30)25-31/h2-11,16,31H,12-15H2,1H3,(H,25,30). The molecule has 0 bridgehead atoms. The van der Waals surface area contributed by atoms with Crippen molar-refractivity contribution in [3.63, 3.8) is 0 Å². The number of amides is 2. The van der Waals surface area contributed by atoms with Crippen molar-refractivity contribution in [3.8, 4) is 0 Å². The van der Waals surface area contributed by atoms with E-state index >= 15 is 0 Å². The van der Waals surface area contributed by atoms with E-state index in [1.54, 1.807) is 37.3 Å². The molecule has 1 aromatic heterocycles. The zero-order valence-electron chi connectivity index (χ0n) is 17.2. The molecule has 0 spiro atoms. The first-order valence-electron chi connectivity index (χ1n) is 9.88. The van der Waals surface area contributed by atoms with Crippen LogP contribution in [0.4, 0.5) is 5.69 Å². The van der Waals surface area contributed by atoms with E-state index in [0.29, 0.717) is 30.0 Å². The fourth-order valence-electron chi connectivity index (χ4n) is 3.25. The van der Waals surface area contributed by atoms with Gasteiger partial charge in [-0.15, -0.1) is 0 Å². The number of carbonyl (C=O) groups is 3. The summed E-state index contributed by atoms with van der Waals surface area (Å²) in [6.45, 7) is 4.37. The average molecular weight is 420 g/mol. The number of hydroxylamine groups is 1. The number of anilines is 1. The predicted octanol–water partition coefficient (Wildman–Crippen LogP) is 2.16. The van der Waals surface area contributed by atoms with Crippen LogP contribution in [0, 0.1) is 0 Å². The lowest BCUT2D eigenvalue weighted by Crippen LogP contribution is -2.48. The van der Waals surface area contributed by atoms with Gasteiger partial charge in [-0.1, -0.05) is 18.2 Å². The smallest absolute Gasteiger partial charge is 0.267 e. The van der Waals surface area contributed by atoms with Crippen LogP contribution < -0.4 is 10.4 Å². The summed E-state index contributed by atoms with van der Waals surface area (Å²) in [7, 11) is 0. The lowest BCUT2D eigenvalue weighted by atomic mass is 10.1. The highest BCUT2D eigenvalue weighted by Gasteiger charge is 2.19. The molecule has 0 unspecified atom stereocenters. The van der Waals surface area contributed by atoms with Crippen LogP contribution in [0.1, 0.15) is 28.7 Å². The molecule has 2 heterocycles. The fraction of sp³-hybridized carbons (Fsp3) is 0.217. The Morgan fingerprint density at radius 2 is 1.61 bits per heavy atom. The van der Waals surface area contributed by atoms with E-state index in [1.807, 2.05) is 23.1 Å². The third-order valence-corrected chi connectivity index (χ3v) is 4.93. The summed E-state index contributed by atoms with van der Waals surface area (Å²) in [4.78, 5) is 43.5. The number of allylic oxidation sites excluding steroid dienone is 1. The zero-order valence-corrected chi connectivity index (χ0v) is 17.2. The highest BCUT2D eigenvalue weighted by atomic mass is 16.5. The second-order valence-electron chi connectivity index (χ2n) is 7.04. The SMILES string of the molecule is CC(=O)N1CCN(c2cccc(C(=O)C=Cc3cccc(C=CC(=O)NO)n3)c2)CC1. The molecular formula is C23H24N4O4. The van der Waals surface area contributed by atoms with Crippen LogP contribution in [0.3, 0.4) is 0 Å². The molecule has 3 rings (SSSR count). The number of carbonyl (C=O) groups excluding carboxylic acids is 3. The number of benzene rings is 1. The van der Waals surface area contributed by atoms with E-state index in [2.05, 4.69) is 9.88 Å². The molecule has 0 saturated carbocycles. The Morgan fingerprint density at radius 1 is 0.968 bits per heavy atom. The van der Waals surface area contributed by atoms with Gasteiger partial charge in [-0.25, -0.2) is 10.5 Å².